The van der Waals surface area contributed by atoms with Crippen LogP contribution in [-0.4, -0.2) is 41.5 Å². The van der Waals surface area contributed by atoms with E-state index in [0.717, 1.165) is 18.8 Å². The van der Waals surface area contributed by atoms with Crippen molar-refractivity contribution in [3.8, 4) is 5.75 Å². The summed E-state index contributed by atoms with van der Waals surface area (Å²) >= 11 is 0. The lowest BCUT2D eigenvalue weighted by Crippen LogP contribution is -2.21. The molecule has 0 aliphatic rings. The summed E-state index contributed by atoms with van der Waals surface area (Å²) in [5.74, 6) is -1.11. The first-order chi connectivity index (χ1) is 11.5. The fourth-order valence-electron chi connectivity index (χ4n) is 2.65. The van der Waals surface area contributed by atoms with Gasteiger partial charge in [-0.2, -0.15) is 0 Å². The molecule has 0 amide bonds. The summed E-state index contributed by atoms with van der Waals surface area (Å²) in [6, 6.07) is 11.2. The van der Waals surface area contributed by atoms with Crippen molar-refractivity contribution in [2.45, 2.75) is 13.8 Å². The lowest BCUT2D eigenvalue weighted by molar-refractivity contribution is 0.0896. The van der Waals surface area contributed by atoms with E-state index in [-0.39, 0.29) is 22.4 Å². The molecular formula is C19H21NO4. The average Bonchev–Trinajstić information content (AvgIpc) is 2.61. The Kier molecular flexibility index (Phi) is 5.71. The zero-order valence-electron chi connectivity index (χ0n) is 13.8. The Labute approximate surface area is 141 Å². The summed E-state index contributed by atoms with van der Waals surface area (Å²) in [6.45, 7) is 4.93. The average molecular weight is 327 g/mol. The minimum absolute atomic E-state index is 0.129. The molecule has 0 fully saturated rings. The number of aromatic hydroxyl groups is 1. The molecule has 5 nitrogen and oxygen atoms in total. The predicted octanol–water partition coefficient (Wildman–Crippen LogP) is 2.64. The van der Waals surface area contributed by atoms with Crippen LogP contribution in [0, 0.1) is 0 Å². The molecule has 0 radical (unpaired) electrons. The monoisotopic (exact) mass is 327 g/mol. The van der Waals surface area contributed by atoms with E-state index in [0.29, 0.717) is 0 Å². The highest BCUT2D eigenvalue weighted by Gasteiger charge is 2.20. The second-order valence-electron chi connectivity index (χ2n) is 5.33. The minimum atomic E-state index is -0.669. The molecule has 0 unspecified atom stereocenters. The standard InChI is InChI=1S/C19H21NO4/c1-3-20(4-2)13-9-10-16(17(22)11-13)19(24)15-8-6-5-7-14(15)18(23)12-21/h5-11,21-22H,3-4,12H2,1-2H3. The van der Waals surface area contributed by atoms with Crippen molar-refractivity contribution in [3.05, 3.63) is 59.2 Å². The van der Waals surface area contributed by atoms with Crippen LogP contribution in [0.1, 0.15) is 40.1 Å². The number of anilines is 1. The molecule has 2 N–H and O–H groups in total. The second kappa shape index (κ2) is 7.75. The molecule has 5 heteroatoms. The molecular weight excluding hydrogens is 306 g/mol. The van der Waals surface area contributed by atoms with Crippen LogP contribution in [0.3, 0.4) is 0 Å². The summed E-state index contributed by atoms with van der Waals surface area (Å²) in [4.78, 5) is 26.6. The summed E-state index contributed by atoms with van der Waals surface area (Å²) < 4.78 is 0. The number of aliphatic hydroxyl groups excluding tert-OH is 1. The van der Waals surface area contributed by atoms with Crippen molar-refractivity contribution in [1.29, 1.82) is 0 Å². The zero-order chi connectivity index (χ0) is 17.7. The van der Waals surface area contributed by atoms with Crippen LogP contribution in [0.5, 0.6) is 5.75 Å². The largest absolute Gasteiger partial charge is 0.507 e. The number of rotatable bonds is 7. The van der Waals surface area contributed by atoms with E-state index in [2.05, 4.69) is 4.90 Å². The van der Waals surface area contributed by atoms with Gasteiger partial charge < -0.3 is 15.1 Å². The molecule has 0 saturated carbocycles. The van der Waals surface area contributed by atoms with Crippen LogP contribution in [0.25, 0.3) is 0 Å². The van der Waals surface area contributed by atoms with Crippen molar-refractivity contribution in [1.82, 2.24) is 0 Å². The van der Waals surface area contributed by atoms with Gasteiger partial charge in [-0.05, 0) is 26.0 Å². The summed E-state index contributed by atoms with van der Waals surface area (Å²) in [7, 11) is 0. The first-order valence-electron chi connectivity index (χ1n) is 7.89. The molecule has 0 bridgehead atoms. The molecule has 0 aliphatic heterocycles. The highest BCUT2D eigenvalue weighted by Crippen LogP contribution is 2.27. The highest BCUT2D eigenvalue weighted by molar-refractivity contribution is 6.17. The summed E-state index contributed by atoms with van der Waals surface area (Å²) in [5.41, 5.74) is 1.28. The van der Waals surface area contributed by atoms with Gasteiger partial charge in [0.2, 0.25) is 0 Å². The van der Waals surface area contributed by atoms with Crippen LogP contribution >= 0.6 is 0 Å². The Bertz CT molecular complexity index is 751. The molecule has 0 saturated heterocycles. The maximum absolute atomic E-state index is 12.7. The molecule has 24 heavy (non-hydrogen) atoms. The Hall–Kier alpha value is -2.66. The van der Waals surface area contributed by atoms with Crippen LogP contribution in [-0.2, 0) is 0 Å². The maximum atomic E-state index is 12.7. The SMILES string of the molecule is CCN(CC)c1ccc(C(=O)c2ccccc2C(=O)CO)c(O)c1. The Morgan fingerprint density at radius 3 is 2.12 bits per heavy atom. The number of nitrogens with zero attached hydrogens (tertiary/aromatic N) is 1. The molecule has 0 aliphatic carbocycles. The quantitative estimate of drug-likeness (QED) is 0.765. The van der Waals surface area contributed by atoms with Gasteiger partial charge in [0, 0.05) is 36.0 Å². The van der Waals surface area contributed by atoms with Gasteiger partial charge in [0.15, 0.2) is 11.6 Å². The molecule has 2 rings (SSSR count). The van der Waals surface area contributed by atoms with Gasteiger partial charge in [-0.3, -0.25) is 9.59 Å². The van der Waals surface area contributed by atoms with Gasteiger partial charge in [-0.1, -0.05) is 24.3 Å². The Morgan fingerprint density at radius 2 is 1.58 bits per heavy atom. The first kappa shape index (κ1) is 17.7. The van der Waals surface area contributed by atoms with E-state index in [1.807, 2.05) is 13.8 Å². The van der Waals surface area contributed by atoms with E-state index >= 15 is 0 Å². The number of phenols is 1. The number of ketones is 2. The second-order valence-corrected chi connectivity index (χ2v) is 5.33. The fraction of sp³-hybridized carbons (Fsp3) is 0.263. The Balaban J connectivity index is 2.43. The number of aliphatic hydroxyl groups is 1. The van der Waals surface area contributed by atoms with Crippen molar-refractivity contribution >= 4 is 17.3 Å². The van der Waals surface area contributed by atoms with E-state index in [1.165, 1.54) is 12.1 Å². The van der Waals surface area contributed by atoms with Gasteiger partial charge in [0.25, 0.3) is 0 Å². The summed E-state index contributed by atoms with van der Waals surface area (Å²) in [5, 5.41) is 19.3. The van der Waals surface area contributed by atoms with Gasteiger partial charge in [-0.25, -0.2) is 0 Å². The van der Waals surface area contributed by atoms with E-state index in [4.69, 9.17) is 5.11 Å². The topological polar surface area (TPSA) is 77.8 Å². The van der Waals surface area contributed by atoms with E-state index in [9.17, 15) is 14.7 Å². The van der Waals surface area contributed by atoms with Crippen molar-refractivity contribution in [2.24, 2.45) is 0 Å². The smallest absolute Gasteiger partial charge is 0.197 e. The fourth-order valence-corrected chi connectivity index (χ4v) is 2.65. The van der Waals surface area contributed by atoms with Crippen molar-refractivity contribution in [2.75, 3.05) is 24.6 Å². The number of benzene rings is 2. The lowest BCUT2D eigenvalue weighted by atomic mass is 9.95. The van der Waals surface area contributed by atoms with Crippen molar-refractivity contribution < 1.29 is 19.8 Å². The normalized spacial score (nSPS) is 10.5. The number of hydrogen-bond acceptors (Lipinski definition) is 5. The first-order valence-corrected chi connectivity index (χ1v) is 7.89. The highest BCUT2D eigenvalue weighted by atomic mass is 16.3. The summed E-state index contributed by atoms with van der Waals surface area (Å²) in [6.07, 6.45) is 0. The van der Waals surface area contributed by atoms with Crippen LogP contribution in [0.15, 0.2) is 42.5 Å². The molecule has 2 aromatic carbocycles. The van der Waals surface area contributed by atoms with E-state index in [1.54, 1.807) is 30.3 Å². The molecule has 2 aromatic rings. The van der Waals surface area contributed by atoms with Crippen molar-refractivity contribution in [3.63, 3.8) is 0 Å². The molecule has 126 valence electrons. The maximum Gasteiger partial charge on any atom is 0.197 e. The zero-order valence-corrected chi connectivity index (χ0v) is 13.8. The van der Waals surface area contributed by atoms with Gasteiger partial charge in [-0.15, -0.1) is 0 Å². The lowest BCUT2D eigenvalue weighted by Gasteiger charge is -2.21. The molecule has 0 aromatic heterocycles. The third-order valence-electron chi connectivity index (χ3n) is 3.97. The number of carbonyl (C=O) groups is 2. The van der Waals surface area contributed by atoms with Crippen LogP contribution in [0.2, 0.25) is 0 Å². The predicted molar refractivity (Wildman–Crippen MR) is 93.0 cm³/mol. The van der Waals surface area contributed by atoms with Crippen LogP contribution in [0.4, 0.5) is 5.69 Å². The Morgan fingerprint density at radius 1 is 0.958 bits per heavy atom. The number of hydrogen-bond donors (Lipinski definition) is 2. The third kappa shape index (κ3) is 3.46. The molecule has 0 heterocycles. The van der Waals surface area contributed by atoms with Gasteiger partial charge in [0.05, 0.1) is 5.56 Å². The number of phenolic OH excluding ortho intramolecular Hbond substituents is 1. The van der Waals surface area contributed by atoms with Crippen LogP contribution < -0.4 is 4.90 Å². The number of Topliss-reactive ketones (excluding diaryl/α,β-unsaturated/α-hetero) is 1. The van der Waals surface area contributed by atoms with E-state index < -0.39 is 18.2 Å². The molecule has 0 atom stereocenters. The molecule has 0 spiro atoms. The number of carbonyl (C=O) groups excluding carboxylic acids is 2. The van der Waals surface area contributed by atoms with Gasteiger partial charge >= 0.3 is 0 Å². The minimum Gasteiger partial charge on any atom is -0.507 e. The van der Waals surface area contributed by atoms with Gasteiger partial charge in [0.1, 0.15) is 12.4 Å². The third-order valence-corrected chi connectivity index (χ3v) is 3.97.